The minimum Gasteiger partial charge on any atom is -0.381 e. The Morgan fingerprint density at radius 3 is 1.95 bits per heavy atom. The Kier molecular flexibility index (Phi) is 4.24. The second kappa shape index (κ2) is 5.52. The van der Waals surface area contributed by atoms with Gasteiger partial charge in [0, 0.05) is 4.90 Å². The van der Waals surface area contributed by atoms with Gasteiger partial charge < -0.3 is 10.2 Å². The fourth-order valence-electron chi connectivity index (χ4n) is 2.45. The van der Waals surface area contributed by atoms with E-state index in [4.69, 9.17) is 0 Å². The number of rotatable bonds is 3. The van der Waals surface area contributed by atoms with Gasteiger partial charge in [0.2, 0.25) is 0 Å². The summed E-state index contributed by atoms with van der Waals surface area (Å²) in [7, 11) is -1.30. The molecule has 0 spiro atoms. The number of benzene rings is 1. The first-order valence-corrected chi connectivity index (χ1v) is 8.26. The smallest absolute Gasteiger partial charge is 0.113 e. The summed E-state index contributed by atoms with van der Waals surface area (Å²) in [5.74, 6) is 0.0841. The van der Waals surface area contributed by atoms with Gasteiger partial charge in [-0.3, -0.25) is 4.21 Å². The summed E-state index contributed by atoms with van der Waals surface area (Å²) in [6.07, 6.45) is 3.21. The van der Waals surface area contributed by atoms with E-state index >= 15 is 0 Å². The fraction of sp³-hybridized carbons (Fsp3) is 0.412. The molecule has 1 aliphatic rings. The van der Waals surface area contributed by atoms with E-state index in [1.54, 1.807) is 32.9 Å². The molecule has 0 saturated heterocycles. The summed E-state index contributed by atoms with van der Waals surface area (Å²) < 4.78 is 12.4. The minimum absolute atomic E-state index is 0.0841. The van der Waals surface area contributed by atoms with Crippen LogP contribution in [0.4, 0.5) is 0 Å². The summed E-state index contributed by atoms with van der Waals surface area (Å²) in [6.45, 7) is 7.22. The summed E-state index contributed by atoms with van der Waals surface area (Å²) in [5.41, 5.74) is 0.121. The van der Waals surface area contributed by atoms with Gasteiger partial charge in [0.05, 0.1) is 16.6 Å². The molecular formula is C17H22O3S. The Balaban J connectivity index is 2.25. The van der Waals surface area contributed by atoms with Gasteiger partial charge in [-0.2, -0.15) is 0 Å². The van der Waals surface area contributed by atoms with Crippen molar-refractivity contribution in [1.82, 2.24) is 0 Å². The third-order valence-electron chi connectivity index (χ3n) is 4.11. The van der Waals surface area contributed by atoms with Crippen LogP contribution in [0.15, 0.2) is 52.5 Å². The number of hydrogen-bond acceptors (Lipinski definition) is 3. The zero-order chi connectivity index (χ0) is 15.8. The summed E-state index contributed by atoms with van der Waals surface area (Å²) in [4.78, 5) is 0.698. The molecule has 1 aromatic carbocycles. The van der Waals surface area contributed by atoms with Crippen LogP contribution in [-0.2, 0) is 10.8 Å². The zero-order valence-electron chi connectivity index (χ0n) is 12.9. The van der Waals surface area contributed by atoms with E-state index < -0.39 is 22.0 Å². The molecular weight excluding hydrogens is 284 g/mol. The SMILES string of the molecule is CC1=CC(O)(C[S@@](=O)c2ccc(C)cc2)C=C(C)C1(C)O. The van der Waals surface area contributed by atoms with Gasteiger partial charge in [-0.15, -0.1) is 0 Å². The van der Waals surface area contributed by atoms with E-state index in [9.17, 15) is 14.4 Å². The lowest BCUT2D eigenvalue weighted by Crippen LogP contribution is -2.40. The van der Waals surface area contributed by atoms with Crippen LogP contribution in [0.3, 0.4) is 0 Å². The highest BCUT2D eigenvalue weighted by Crippen LogP contribution is 2.34. The Morgan fingerprint density at radius 2 is 1.48 bits per heavy atom. The quantitative estimate of drug-likeness (QED) is 0.844. The third-order valence-corrected chi connectivity index (χ3v) is 5.64. The van der Waals surface area contributed by atoms with Crippen molar-refractivity contribution < 1.29 is 14.4 Å². The largest absolute Gasteiger partial charge is 0.381 e. The number of hydrogen-bond donors (Lipinski definition) is 2. The second-order valence-corrected chi connectivity index (χ2v) is 7.47. The van der Waals surface area contributed by atoms with Crippen LogP contribution in [0.5, 0.6) is 0 Å². The maximum absolute atomic E-state index is 12.4. The zero-order valence-corrected chi connectivity index (χ0v) is 13.7. The molecule has 3 nitrogen and oxygen atoms in total. The Morgan fingerprint density at radius 1 is 1.00 bits per heavy atom. The highest BCUT2D eigenvalue weighted by molar-refractivity contribution is 7.85. The van der Waals surface area contributed by atoms with Crippen LogP contribution in [-0.4, -0.2) is 31.4 Å². The van der Waals surface area contributed by atoms with Crippen LogP contribution < -0.4 is 0 Å². The van der Waals surface area contributed by atoms with Crippen LogP contribution in [0.25, 0.3) is 0 Å². The first-order chi connectivity index (χ1) is 9.64. The van der Waals surface area contributed by atoms with Gasteiger partial charge in [0.1, 0.15) is 11.2 Å². The molecule has 21 heavy (non-hydrogen) atoms. The molecule has 114 valence electrons. The van der Waals surface area contributed by atoms with Gasteiger partial charge in [0.15, 0.2) is 0 Å². The lowest BCUT2D eigenvalue weighted by atomic mass is 9.80. The summed E-state index contributed by atoms with van der Waals surface area (Å²) in [5, 5.41) is 21.0. The monoisotopic (exact) mass is 306 g/mol. The second-order valence-electron chi connectivity index (χ2n) is 6.02. The standard InChI is InChI=1S/C17H22O3S/c1-12-5-7-15(8-6-12)21(20)11-17(19)9-13(2)16(4,18)14(3)10-17/h5-10,18-19H,11H2,1-4H3/t16?,17?,21-/m1/s1. The van der Waals surface area contributed by atoms with Crippen molar-refractivity contribution in [2.75, 3.05) is 5.75 Å². The highest BCUT2D eigenvalue weighted by atomic mass is 32.2. The molecule has 0 amide bonds. The summed E-state index contributed by atoms with van der Waals surface area (Å²) >= 11 is 0. The van der Waals surface area contributed by atoms with Crippen molar-refractivity contribution in [1.29, 1.82) is 0 Å². The van der Waals surface area contributed by atoms with Crippen molar-refractivity contribution in [2.45, 2.75) is 43.8 Å². The number of aryl methyl sites for hydroxylation is 1. The number of aliphatic hydroxyl groups is 2. The maximum Gasteiger partial charge on any atom is 0.113 e. The lowest BCUT2D eigenvalue weighted by Gasteiger charge is -2.35. The highest BCUT2D eigenvalue weighted by Gasteiger charge is 2.37. The first-order valence-electron chi connectivity index (χ1n) is 6.94. The van der Waals surface area contributed by atoms with E-state index in [-0.39, 0.29) is 5.75 Å². The van der Waals surface area contributed by atoms with Gasteiger partial charge in [0.25, 0.3) is 0 Å². The van der Waals surface area contributed by atoms with Crippen molar-refractivity contribution >= 4 is 10.8 Å². The molecule has 0 aliphatic heterocycles. The van der Waals surface area contributed by atoms with Gasteiger partial charge in [-0.05, 0) is 63.1 Å². The molecule has 0 heterocycles. The molecule has 0 fully saturated rings. The molecule has 0 bridgehead atoms. The van der Waals surface area contributed by atoms with Crippen molar-refractivity contribution in [3.8, 4) is 0 Å². The van der Waals surface area contributed by atoms with Crippen molar-refractivity contribution in [3.63, 3.8) is 0 Å². The molecule has 0 saturated carbocycles. The predicted octanol–water partition coefficient (Wildman–Crippen LogP) is 2.49. The van der Waals surface area contributed by atoms with Crippen LogP contribution >= 0.6 is 0 Å². The molecule has 2 N–H and O–H groups in total. The Bertz CT molecular complexity index is 602. The molecule has 0 aromatic heterocycles. The summed E-state index contributed by atoms with van der Waals surface area (Å²) in [6, 6.07) is 7.46. The van der Waals surface area contributed by atoms with Gasteiger partial charge in [-0.1, -0.05) is 17.7 Å². The van der Waals surface area contributed by atoms with Crippen molar-refractivity contribution in [2.24, 2.45) is 0 Å². The third kappa shape index (κ3) is 3.34. The van der Waals surface area contributed by atoms with Gasteiger partial charge >= 0.3 is 0 Å². The van der Waals surface area contributed by atoms with Crippen LogP contribution in [0.2, 0.25) is 0 Å². The van der Waals surface area contributed by atoms with E-state index in [0.29, 0.717) is 16.0 Å². The average molecular weight is 306 g/mol. The molecule has 0 radical (unpaired) electrons. The lowest BCUT2D eigenvalue weighted by molar-refractivity contribution is 0.109. The molecule has 1 aromatic rings. The molecule has 1 atom stereocenters. The predicted molar refractivity (Wildman–Crippen MR) is 85.5 cm³/mol. The molecule has 4 heteroatoms. The Labute approximate surface area is 128 Å². The fourth-order valence-corrected chi connectivity index (χ4v) is 3.64. The van der Waals surface area contributed by atoms with Gasteiger partial charge in [-0.25, -0.2) is 0 Å². The minimum atomic E-state index is -1.30. The average Bonchev–Trinajstić information content (AvgIpc) is 2.37. The first kappa shape index (κ1) is 16.1. The van der Waals surface area contributed by atoms with E-state index in [1.165, 1.54) is 0 Å². The topological polar surface area (TPSA) is 57.5 Å². The molecule has 0 unspecified atom stereocenters. The molecule has 1 aliphatic carbocycles. The Hall–Kier alpha value is -1.23. The van der Waals surface area contributed by atoms with Crippen LogP contribution in [0.1, 0.15) is 26.3 Å². The normalized spacial score (nSPS) is 30.6. The maximum atomic E-state index is 12.4. The van der Waals surface area contributed by atoms with Crippen molar-refractivity contribution in [3.05, 3.63) is 53.1 Å². The van der Waals surface area contributed by atoms with E-state index in [0.717, 1.165) is 5.56 Å². The van der Waals surface area contributed by atoms with E-state index in [2.05, 4.69) is 0 Å². The van der Waals surface area contributed by atoms with E-state index in [1.807, 2.05) is 31.2 Å². The van der Waals surface area contributed by atoms with Crippen LogP contribution in [0, 0.1) is 6.92 Å². The molecule has 2 rings (SSSR count).